The van der Waals surface area contributed by atoms with Crippen LogP contribution in [0.25, 0.3) is 10.9 Å². The van der Waals surface area contributed by atoms with E-state index in [0.29, 0.717) is 5.52 Å². The molecule has 0 aliphatic heterocycles. The number of rotatable bonds is 2. The van der Waals surface area contributed by atoms with Crippen molar-refractivity contribution in [1.82, 2.24) is 3.97 Å². The van der Waals surface area contributed by atoms with E-state index in [1.54, 1.807) is 30.3 Å². The molecule has 1 radical (unpaired) electrons. The highest BCUT2D eigenvalue weighted by molar-refractivity contribution is 7.90. The lowest BCUT2D eigenvalue weighted by Gasteiger charge is -2.07. The van der Waals surface area contributed by atoms with Gasteiger partial charge in [0.25, 0.3) is 10.0 Å². The zero-order valence-corrected chi connectivity index (χ0v) is 11.2. The maximum atomic E-state index is 12.6. The van der Waals surface area contributed by atoms with Crippen molar-refractivity contribution in [2.75, 3.05) is 0 Å². The van der Waals surface area contributed by atoms with Gasteiger partial charge < -0.3 is 0 Å². The minimum Gasteiger partial charge on any atom is -0.241 e. The van der Waals surface area contributed by atoms with E-state index >= 15 is 0 Å². The number of aryl methyl sites for hydroxylation is 1. The molecule has 0 saturated heterocycles. The smallest absolute Gasteiger partial charge is 0.241 e. The van der Waals surface area contributed by atoms with Crippen molar-refractivity contribution in [2.45, 2.75) is 11.8 Å². The summed E-state index contributed by atoms with van der Waals surface area (Å²) in [6.07, 6.45) is 1.47. The van der Waals surface area contributed by atoms with Gasteiger partial charge in [-0.2, -0.15) is 0 Å². The molecule has 0 fully saturated rings. The van der Waals surface area contributed by atoms with Crippen LogP contribution in [0.15, 0.2) is 59.6 Å². The molecule has 1 aromatic heterocycles. The highest BCUT2D eigenvalue weighted by Crippen LogP contribution is 2.21. The van der Waals surface area contributed by atoms with Crippen LogP contribution in [0.2, 0.25) is 0 Å². The van der Waals surface area contributed by atoms with Crippen molar-refractivity contribution >= 4 is 20.9 Å². The van der Waals surface area contributed by atoms with Crippen LogP contribution in [-0.2, 0) is 10.0 Å². The Morgan fingerprint density at radius 2 is 1.68 bits per heavy atom. The summed E-state index contributed by atoms with van der Waals surface area (Å²) >= 11 is 0. The summed E-state index contributed by atoms with van der Waals surface area (Å²) in [6, 6.07) is 17.1. The van der Waals surface area contributed by atoms with E-state index in [0.717, 1.165) is 10.9 Å². The Hall–Kier alpha value is -2.07. The minimum atomic E-state index is -3.55. The number of nitrogens with zero attached hydrogens (tertiary/aromatic N) is 1. The van der Waals surface area contributed by atoms with Gasteiger partial charge in [0.1, 0.15) is 0 Å². The molecule has 0 aliphatic carbocycles. The zero-order chi connectivity index (χ0) is 13.5. The van der Waals surface area contributed by atoms with Gasteiger partial charge in [-0.05, 0) is 25.1 Å². The second-order valence-electron chi connectivity index (χ2n) is 4.40. The van der Waals surface area contributed by atoms with Crippen LogP contribution in [0, 0.1) is 13.0 Å². The first kappa shape index (κ1) is 12.0. The molecule has 0 atom stereocenters. The third kappa shape index (κ3) is 1.94. The van der Waals surface area contributed by atoms with Crippen LogP contribution in [0.5, 0.6) is 0 Å². The van der Waals surface area contributed by atoms with E-state index in [-0.39, 0.29) is 4.90 Å². The maximum absolute atomic E-state index is 12.6. The number of para-hydroxylation sites is 1. The predicted octanol–water partition coefficient (Wildman–Crippen LogP) is 2.99. The molecule has 19 heavy (non-hydrogen) atoms. The Morgan fingerprint density at radius 1 is 1.00 bits per heavy atom. The fourth-order valence-corrected chi connectivity index (χ4v) is 3.33. The van der Waals surface area contributed by atoms with Crippen molar-refractivity contribution in [3.8, 4) is 0 Å². The van der Waals surface area contributed by atoms with E-state index in [9.17, 15) is 8.42 Å². The first-order valence-electron chi connectivity index (χ1n) is 5.89. The molecule has 3 nitrogen and oxygen atoms in total. The van der Waals surface area contributed by atoms with Crippen LogP contribution in [0.1, 0.15) is 5.56 Å². The fourth-order valence-electron chi connectivity index (χ4n) is 2.01. The molecule has 0 unspecified atom stereocenters. The molecule has 3 aromatic rings. The molecule has 95 valence electrons. The van der Waals surface area contributed by atoms with E-state index in [4.69, 9.17) is 0 Å². The molecular formula is C15H12NO2S. The Kier molecular flexibility index (Phi) is 2.68. The Morgan fingerprint density at radius 3 is 2.42 bits per heavy atom. The molecule has 0 N–H and O–H groups in total. The van der Waals surface area contributed by atoms with Gasteiger partial charge in [0.15, 0.2) is 0 Å². The topological polar surface area (TPSA) is 39.1 Å². The van der Waals surface area contributed by atoms with Gasteiger partial charge in [0.2, 0.25) is 0 Å². The van der Waals surface area contributed by atoms with Gasteiger partial charge in [-0.25, -0.2) is 12.4 Å². The van der Waals surface area contributed by atoms with Crippen LogP contribution < -0.4 is 0 Å². The number of aromatic nitrogens is 1. The maximum Gasteiger partial charge on any atom is 0.268 e. The quantitative estimate of drug-likeness (QED) is 0.718. The molecule has 3 rings (SSSR count). The van der Waals surface area contributed by atoms with Crippen molar-refractivity contribution in [2.24, 2.45) is 0 Å². The number of hydrogen-bond donors (Lipinski definition) is 0. The zero-order valence-electron chi connectivity index (χ0n) is 10.4. The number of fused-ring (bicyclic) bond motifs is 1. The van der Waals surface area contributed by atoms with Crippen LogP contribution >= 0.6 is 0 Å². The standard InChI is InChI=1S/C15H12NO2S/c1-12-6-8-14(9-7-12)19(17,18)16-11-10-13-4-2-3-5-15(13)16/h2-9,11H,1H3. The predicted molar refractivity (Wildman–Crippen MR) is 74.5 cm³/mol. The molecule has 4 heteroatoms. The summed E-state index contributed by atoms with van der Waals surface area (Å²) in [5, 5.41) is 0.790. The molecule has 0 saturated carbocycles. The van der Waals surface area contributed by atoms with Gasteiger partial charge in [0.05, 0.1) is 10.4 Å². The van der Waals surface area contributed by atoms with E-state index in [1.807, 2.05) is 25.1 Å². The van der Waals surface area contributed by atoms with E-state index in [2.05, 4.69) is 6.07 Å². The molecule has 0 spiro atoms. The van der Waals surface area contributed by atoms with Gasteiger partial charge in [-0.1, -0.05) is 35.9 Å². The summed E-state index contributed by atoms with van der Waals surface area (Å²) in [5.74, 6) is 0. The van der Waals surface area contributed by atoms with Gasteiger partial charge in [-0.15, -0.1) is 0 Å². The fraction of sp³-hybridized carbons (Fsp3) is 0.0667. The third-order valence-corrected chi connectivity index (χ3v) is 4.74. The molecule has 0 aliphatic rings. The lowest BCUT2D eigenvalue weighted by Crippen LogP contribution is -2.11. The highest BCUT2D eigenvalue weighted by Gasteiger charge is 2.18. The molecule has 0 amide bonds. The summed E-state index contributed by atoms with van der Waals surface area (Å²) in [6.45, 7) is 1.93. The second-order valence-corrected chi connectivity index (χ2v) is 6.22. The van der Waals surface area contributed by atoms with Crippen molar-refractivity contribution < 1.29 is 8.42 Å². The van der Waals surface area contributed by atoms with Gasteiger partial charge in [0, 0.05) is 17.6 Å². The first-order chi connectivity index (χ1) is 9.09. The highest BCUT2D eigenvalue weighted by atomic mass is 32.2. The molecule has 0 bridgehead atoms. The first-order valence-corrected chi connectivity index (χ1v) is 7.33. The Labute approximate surface area is 112 Å². The SMILES string of the molecule is Cc1ccc(S(=O)(=O)n2c[c]c3ccccc32)cc1. The number of hydrogen-bond acceptors (Lipinski definition) is 2. The van der Waals surface area contributed by atoms with Gasteiger partial charge in [-0.3, -0.25) is 0 Å². The number of benzene rings is 2. The monoisotopic (exact) mass is 270 g/mol. The largest absolute Gasteiger partial charge is 0.268 e. The Balaban J connectivity index is 2.22. The normalized spacial score (nSPS) is 11.8. The second kappa shape index (κ2) is 4.24. The van der Waals surface area contributed by atoms with Crippen LogP contribution in [0.3, 0.4) is 0 Å². The van der Waals surface area contributed by atoms with Crippen molar-refractivity contribution in [3.63, 3.8) is 0 Å². The van der Waals surface area contributed by atoms with Gasteiger partial charge >= 0.3 is 0 Å². The van der Waals surface area contributed by atoms with Crippen molar-refractivity contribution in [1.29, 1.82) is 0 Å². The summed E-state index contributed by atoms with van der Waals surface area (Å²) < 4.78 is 26.4. The molecule has 2 aromatic carbocycles. The average molecular weight is 270 g/mol. The van der Waals surface area contributed by atoms with E-state index in [1.165, 1.54) is 10.2 Å². The third-order valence-electron chi connectivity index (χ3n) is 3.06. The Bertz CT molecular complexity index is 830. The summed E-state index contributed by atoms with van der Waals surface area (Å²) in [4.78, 5) is 0.285. The molecule has 1 heterocycles. The lowest BCUT2D eigenvalue weighted by atomic mass is 10.2. The lowest BCUT2D eigenvalue weighted by molar-refractivity contribution is 0.589. The summed E-state index contributed by atoms with van der Waals surface area (Å²) in [5.41, 5.74) is 1.67. The molecular weight excluding hydrogens is 258 g/mol. The van der Waals surface area contributed by atoms with E-state index < -0.39 is 10.0 Å². The van der Waals surface area contributed by atoms with Crippen molar-refractivity contribution in [3.05, 3.63) is 66.4 Å². The summed E-state index contributed by atoms with van der Waals surface area (Å²) in [7, 11) is -3.55. The average Bonchev–Trinajstić information content (AvgIpc) is 2.83. The van der Waals surface area contributed by atoms with Crippen LogP contribution in [-0.4, -0.2) is 12.4 Å². The minimum absolute atomic E-state index is 0.285. The van der Waals surface area contributed by atoms with Crippen LogP contribution in [0.4, 0.5) is 0 Å².